The van der Waals surface area contributed by atoms with Crippen molar-refractivity contribution >= 4 is 57.9 Å². The van der Waals surface area contributed by atoms with E-state index in [9.17, 15) is 19.2 Å². The van der Waals surface area contributed by atoms with E-state index in [4.69, 9.17) is 10.2 Å². The topological polar surface area (TPSA) is 189 Å². The molecule has 1 radical (unpaired) electrons. The molecule has 0 saturated carbocycles. The van der Waals surface area contributed by atoms with Crippen LogP contribution in [0.25, 0.3) is 0 Å². The van der Waals surface area contributed by atoms with E-state index >= 15 is 0 Å². The van der Waals surface area contributed by atoms with Crippen LogP contribution in [0.2, 0.25) is 0 Å². The van der Waals surface area contributed by atoms with Crippen molar-refractivity contribution in [1.29, 1.82) is 0 Å². The van der Waals surface area contributed by atoms with Crippen LogP contribution in [0, 0.1) is 0 Å². The van der Waals surface area contributed by atoms with Gasteiger partial charge in [-0.3, -0.25) is 9.59 Å². The van der Waals surface area contributed by atoms with Crippen molar-refractivity contribution in [2.75, 3.05) is 10.0 Å². The Labute approximate surface area is 290 Å². The van der Waals surface area contributed by atoms with Crippen LogP contribution in [0.5, 0.6) is 0 Å². The third-order valence-corrected chi connectivity index (χ3v) is 7.02. The van der Waals surface area contributed by atoms with Gasteiger partial charge in [-0.25, -0.2) is 9.59 Å². The molecule has 243 valence electrons. The second-order valence-electron chi connectivity index (χ2n) is 10.3. The Morgan fingerprint density at radius 2 is 0.898 bits per heavy atom. The molecule has 2 amide bonds. The van der Waals surface area contributed by atoms with Crippen molar-refractivity contribution in [2.24, 2.45) is 30.7 Å². The number of carbonyl (C=O) groups excluding carboxylic acids is 2. The van der Waals surface area contributed by atoms with Gasteiger partial charge in [-0.05, 0) is 62.4 Å². The van der Waals surface area contributed by atoms with E-state index in [0.717, 1.165) is 0 Å². The zero-order chi connectivity index (χ0) is 34.2. The summed E-state index contributed by atoms with van der Waals surface area (Å²) >= 11 is 0. The third kappa shape index (κ3) is 8.22. The Bertz CT molecular complexity index is 1840. The van der Waals surface area contributed by atoms with E-state index in [0.29, 0.717) is 22.8 Å². The minimum Gasteiger partial charge on any atom is -0.478 e. The predicted molar refractivity (Wildman–Crippen MR) is 177 cm³/mol. The van der Waals surface area contributed by atoms with Crippen molar-refractivity contribution in [3.63, 3.8) is 0 Å². The molecule has 0 fully saturated rings. The second kappa shape index (κ2) is 16.1. The van der Waals surface area contributed by atoms with Crippen molar-refractivity contribution < 1.29 is 46.8 Å². The average molecular weight is 697 g/mol. The molecule has 2 aliphatic heterocycles. The molecule has 2 heterocycles. The van der Waals surface area contributed by atoms with E-state index in [1.165, 1.54) is 34.3 Å². The van der Waals surface area contributed by atoms with Gasteiger partial charge in [0.25, 0.3) is 11.8 Å². The van der Waals surface area contributed by atoms with E-state index < -0.39 is 24.0 Å². The minimum atomic E-state index is -1.10. The van der Waals surface area contributed by atoms with Gasteiger partial charge < -0.3 is 10.2 Å². The SMILES string of the molecule is CC1=NN(c2ccccc2)C(=O)C1N=Nc1ccccc1C(=O)O.CC1=NN(c2ccccc2)C(=O)C1N=Nc1ccccc1C(=O)O.[Cr+3]. The van der Waals surface area contributed by atoms with Crippen LogP contribution in [0.1, 0.15) is 34.6 Å². The van der Waals surface area contributed by atoms with Crippen LogP contribution in [0.15, 0.2) is 140 Å². The number of rotatable bonds is 8. The molecule has 0 aromatic heterocycles. The van der Waals surface area contributed by atoms with Crippen LogP contribution in [-0.4, -0.2) is 57.5 Å². The molecule has 6 rings (SSSR count). The summed E-state index contributed by atoms with van der Waals surface area (Å²) in [6.07, 6.45) is 0. The molecule has 0 spiro atoms. The molecule has 2 atom stereocenters. The molecule has 4 aromatic carbocycles. The number of benzene rings is 4. The number of carbonyl (C=O) groups is 4. The largest absolute Gasteiger partial charge is 3.00 e. The van der Waals surface area contributed by atoms with E-state index in [-0.39, 0.29) is 51.7 Å². The molecular formula is C34H28CrN8O6+3. The number of para-hydroxylation sites is 2. The van der Waals surface area contributed by atoms with Crippen molar-refractivity contribution in [3.05, 3.63) is 120 Å². The number of nitrogens with zero attached hydrogens (tertiary/aromatic N) is 8. The standard InChI is InChI=1S/2C17H14N4O3.Cr/c2*1-11-15(16(22)21(20-11)12-7-3-2-4-8-12)19-18-14-10-6-5-9-13(14)17(23)24;/h2*2-10,15H,1H3,(H,23,24);/q;;+3. The molecular weight excluding hydrogens is 668 g/mol. The second-order valence-corrected chi connectivity index (χ2v) is 10.3. The number of anilines is 2. The summed E-state index contributed by atoms with van der Waals surface area (Å²) in [6, 6.07) is 28.8. The Morgan fingerprint density at radius 1 is 0.571 bits per heavy atom. The zero-order valence-corrected chi connectivity index (χ0v) is 27.3. The average Bonchev–Trinajstić information content (AvgIpc) is 3.55. The van der Waals surface area contributed by atoms with Gasteiger partial charge >= 0.3 is 29.3 Å². The summed E-state index contributed by atoms with van der Waals surface area (Å²) < 4.78 is 0. The van der Waals surface area contributed by atoms with Gasteiger partial charge in [0.15, 0.2) is 12.1 Å². The van der Waals surface area contributed by atoms with Crippen molar-refractivity contribution in [3.8, 4) is 0 Å². The Hall–Kier alpha value is -6.17. The smallest absolute Gasteiger partial charge is 0.478 e. The fourth-order valence-corrected chi connectivity index (χ4v) is 4.61. The number of carboxylic acid groups (broad SMARTS) is 2. The maximum atomic E-state index is 12.5. The van der Waals surface area contributed by atoms with Crippen LogP contribution >= 0.6 is 0 Å². The minimum absolute atomic E-state index is 0. The summed E-state index contributed by atoms with van der Waals surface area (Å²) in [5.41, 5.74) is 2.74. The maximum Gasteiger partial charge on any atom is 3.00 e. The van der Waals surface area contributed by atoms with Gasteiger partial charge in [0.05, 0.1) is 45.3 Å². The quantitative estimate of drug-likeness (QED) is 0.197. The third-order valence-electron chi connectivity index (χ3n) is 7.02. The fourth-order valence-electron chi connectivity index (χ4n) is 4.61. The summed E-state index contributed by atoms with van der Waals surface area (Å²) in [5, 5.41) is 45.2. The molecule has 0 saturated heterocycles. The number of hydrogen-bond acceptors (Lipinski definition) is 10. The monoisotopic (exact) mass is 696 g/mol. The van der Waals surface area contributed by atoms with Gasteiger partial charge in [-0.15, -0.1) is 0 Å². The maximum absolute atomic E-state index is 12.5. The molecule has 2 aliphatic rings. The molecule has 2 unspecified atom stereocenters. The number of azo groups is 2. The van der Waals surface area contributed by atoms with E-state index in [1.807, 2.05) is 36.4 Å². The Kier molecular flexibility index (Phi) is 11.7. The molecule has 49 heavy (non-hydrogen) atoms. The molecule has 0 bridgehead atoms. The zero-order valence-electron chi connectivity index (χ0n) is 26.1. The summed E-state index contributed by atoms with van der Waals surface area (Å²) in [6.45, 7) is 3.38. The number of hydrazone groups is 2. The van der Waals surface area contributed by atoms with Crippen LogP contribution < -0.4 is 10.0 Å². The van der Waals surface area contributed by atoms with E-state index in [1.54, 1.807) is 62.4 Å². The first-order valence-electron chi connectivity index (χ1n) is 14.5. The van der Waals surface area contributed by atoms with Gasteiger partial charge in [0.1, 0.15) is 0 Å². The number of aromatic carboxylic acids is 2. The molecule has 15 heteroatoms. The predicted octanol–water partition coefficient (Wildman–Crippen LogP) is 6.52. The van der Waals surface area contributed by atoms with Crippen LogP contribution in [0.3, 0.4) is 0 Å². The number of hydrogen-bond donors (Lipinski definition) is 2. The summed E-state index contributed by atoms with van der Waals surface area (Å²) in [7, 11) is 0. The first-order chi connectivity index (χ1) is 23.2. The van der Waals surface area contributed by atoms with Gasteiger partial charge in [0.2, 0.25) is 0 Å². The summed E-state index contributed by atoms with van der Waals surface area (Å²) in [5.74, 6) is -2.84. The Balaban J connectivity index is 0.000000216. The Morgan fingerprint density at radius 3 is 1.24 bits per heavy atom. The van der Waals surface area contributed by atoms with Crippen LogP contribution in [-0.2, 0) is 27.0 Å². The van der Waals surface area contributed by atoms with Gasteiger partial charge in [0, 0.05) is 0 Å². The molecule has 4 aromatic rings. The van der Waals surface area contributed by atoms with Crippen LogP contribution in [0.4, 0.5) is 22.7 Å². The number of amides is 2. The molecule has 2 N–H and O–H groups in total. The molecule has 0 aliphatic carbocycles. The molecule has 14 nitrogen and oxygen atoms in total. The van der Waals surface area contributed by atoms with Crippen molar-refractivity contribution in [2.45, 2.75) is 25.9 Å². The van der Waals surface area contributed by atoms with Crippen molar-refractivity contribution in [1.82, 2.24) is 0 Å². The number of carboxylic acids is 2. The first kappa shape index (κ1) is 35.7. The van der Waals surface area contributed by atoms with E-state index in [2.05, 4.69) is 30.7 Å². The fraction of sp³-hybridized carbons (Fsp3) is 0.118. The summed E-state index contributed by atoms with van der Waals surface area (Å²) in [4.78, 5) is 47.4. The normalized spacial score (nSPS) is 17.0. The first-order valence-corrected chi connectivity index (χ1v) is 14.5. The van der Waals surface area contributed by atoms with Gasteiger partial charge in [-0.2, -0.15) is 40.7 Å². The van der Waals surface area contributed by atoms with Gasteiger partial charge in [-0.1, -0.05) is 60.7 Å².